The summed E-state index contributed by atoms with van der Waals surface area (Å²) in [5.41, 5.74) is -0.331. The van der Waals surface area contributed by atoms with Crippen molar-refractivity contribution in [3.63, 3.8) is 0 Å². The number of ether oxygens (including phenoxy) is 1. The van der Waals surface area contributed by atoms with Gasteiger partial charge in [0, 0.05) is 20.2 Å². The molecule has 1 aliphatic heterocycles. The summed E-state index contributed by atoms with van der Waals surface area (Å²) in [4.78, 5) is 2.41. The molecule has 0 aliphatic carbocycles. The van der Waals surface area contributed by atoms with E-state index in [1.54, 1.807) is 7.11 Å². The van der Waals surface area contributed by atoms with Crippen LogP contribution in [0.1, 0.15) is 26.2 Å². The largest absolute Gasteiger partial charge is 0.383 e. The van der Waals surface area contributed by atoms with Gasteiger partial charge >= 0.3 is 0 Å². The predicted molar refractivity (Wildman–Crippen MR) is 64.2 cm³/mol. The minimum Gasteiger partial charge on any atom is -0.383 e. The van der Waals surface area contributed by atoms with Crippen LogP contribution < -0.4 is 5.32 Å². The van der Waals surface area contributed by atoms with Gasteiger partial charge in [-0.3, -0.25) is 5.32 Å². The van der Waals surface area contributed by atoms with E-state index in [0.717, 1.165) is 45.4 Å². The lowest BCUT2D eigenvalue weighted by molar-refractivity contribution is 0.187. The summed E-state index contributed by atoms with van der Waals surface area (Å²) in [5, 5.41) is 12.7. The number of hydrogen-bond donors (Lipinski definition) is 1. The van der Waals surface area contributed by atoms with Gasteiger partial charge in [0.15, 0.2) is 0 Å². The molecule has 92 valence electrons. The van der Waals surface area contributed by atoms with Crippen molar-refractivity contribution in [2.24, 2.45) is 0 Å². The first kappa shape index (κ1) is 13.4. The lowest BCUT2D eigenvalue weighted by Crippen LogP contribution is -2.46. The fourth-order valence-corrected chi connectivity index (χ4v) is 2.23. The first-order valence-electron chi connectivity index (χ1n) is 6.14. The SMILES string of the molecule is CCN1CCCC(C#N)(NCCOC)CC1. The monoisotopic (exact) mass is 225 g/mol. The van der Waals surface area contributed by atoms with Crippen molar-refractivity contribution < 1.29 is 4.74 Å². The van der Waals surface area contributed by atoms with Crippen LogP contribution in [0, 0.1) is 11.3 Å². The van der Waals surface area contributed by atoms with E-state index in [4.69, 9.17) is 4.74 Å². The topological polar surface area (TPSA) is 48.3 Å². The van der Waals surface area contributed by atoms with Gasteiger partial charge in [-0.25, -0.2) is 0 Å². The molecule has 0 spiro atoms. The molecule has 0 saturated carbocycles. The van der Waals surface area contributed by atoms with Gasteiger partial charge in [0.05, 0.1) is 12.7 Å². The molecular weight excluding hydrogens is 202 g/mol. The van der Waals surface area contributed by atoms with E-state index in [1.807, 2.05) is 0 Å². The summed E-state index contributed by atoms with van der Waals surface area (Å²) in [6, 6.07) is 2.47. The molecule has 16 heavy (non-hydrogen) atoms. The highest BCUT2D eigenvalue weighted by Gasteiger charge is 2.31. The highest BCUT2D eigenvalue weighted by atomic mass is 16.5. The maximum absolute atomic E-state index is 9.35. The average Bonchev–Trinajstić information content (AvgIpc) is 2.52. The fourth-order valence-electron chi connectivity index (χ4n) is 2.23. The maximum Gasteiger partial charge on any atom is 0.108 e. The number of methoxy groups -OCH3 is 1. The molecule has 1 fully saturated rings. The fraction of sp³-hybridized carbons (Fsp3) is 0.917. The molecule has 1 heterocycles. The number of nitriles is 1. The smallest absolute Gasteiger partial charge is 0.108 e. The summed E-state index contributed by atoms with van der Waals surface area (Å²) in [6.45, 7) is 6.82. The summed E-state index contributed by atoms with van der Waals surface area (Å²) >= 11 is 0. The molecule has 0 aromatic heterocycles. The zero-order valence-electron chi connectivity index (χ0n) is 10.5. The minimum absolute atomic E-state index is 0.331. The van der Waals surface area contributed by atoms with Crippen LogP contribution in [-0.4, -0.2) is 50.3 Å². The van der Waals surface area contributed by atoms with Crippen LogP contribution in [0.5, 0.6) is 0 Å². The van der Waals surface area contributed by atoms with Crippen molar-refractivity contribution in [3.8, 4) is 6.07 Å². The van der Waals surface area contributed by atoms with E-state index < -0.39 is 0 Å². The molecule has 1 rings (SSSR count). The number of hydrogen-bond acceptors (Lipinski definition) is 4. The first-order valence-corrected chi connectivity index (χ1v) is 6.14. The van der Waals surface area contributed by atoms with Crippen LogP contribution in [0.15, 0.2) is 0 Å². The van der Waals surface area contributed by atoms with Crippen LogP contribution in [0.3, 0.4) is 0 Å². The molecule has 1 aliphatic rings. The molecule has 4 nitrogen and oxygen atoms in total. The highest BCUT2D eigenvalue weighted by Crippen LogP contribution is 2.21. The molecule has 1 saturated heterocycles. The van der Waals surface area contributed by atoms with Gasteiger partial charge in [0.2, 0.25) is 0 Å². The van der Waals surface area contributed by atoms with Crippen molar-refractivity contribution in [3.05, 3.63) is 0 Å². The number of rotatable bonds is 5. The summed E-state index contributed by atoms with van der Waals surface area (Å²) < 4.78 is 5.01. The molecule has 4 heteroatoms. The molecular formula is C12H23N3O. The maximum atomic E-state index is 9.35. The Balaban J connectivity index is 2.48. The second-order valence-electron chi connectivity index (χ2n) is 4.40. The number of nitrogens with zero attached hydrogens (tertiary/aromatic N) is 2. The average molecular weight is 225 g/mol. The normalized spacial score (nSPS) is 27.3. The molecule has 0 aromatic carbocycles. The highest BCUT2D eigenvalue weighted by molar-refractivity contribution is 5.08. The van der Waals surface area contributed by atoms with E-state index in [9.17, 15) is 5.26 Å². The van der Waals surface area contributed by atoms with Gasteiger partial charge in [0.25, 0.3) is 0 Å². The van der Waals surface area contributed by atoms with E-state index in [1.165, 1.54) is 0 Å². The van der Waals surface area contributed by atoms with Crippen molar-refractivity contribution in [2.75, 3.05) is 39.9 Å². The van der Waals surface area contributed by atoms with Gasteiger partial charge in [-0.2, -0.15) is 5.26 Å². The van der Waals surface area contributed by atoms with Gasteiger partial charge in [0.1, 0.15) is 5.54 Å². The van der Waals surface area contributed by atoms with Crippen LogP contribution >= 0.6 is 0 Å². The Bertz CT molecular complexity index is 239. The minimum atomic E-state index is -0.331. The second kappa shape index (κ2) is 6.85. The van der Waals surface area contributed by atoms with Crippen LogP contribution in [0.4, 0.5) is 0 Å². The lowest BCUT2D eigenvalue weighted by atomic mass is 9.92. The predicted octanol–water partition coefficient (Wildman–Crippen LogP) is 0.991. The molecule has 0 bridgehead atoms. The Labute approximate surface area is 98.6 Å². The molecule has 1 atom stereocenters. The van der Waals surface area contributed by atoms with Crippen LogP contribution in [0.25, 0.3) is 0 Å². The molecule has 1 unspecified atom stereocenters. The summed E-state index contributed by atoms with van der Waals surface area (Å²) in [7, 11) is 1.69. The first-order chi connectivity index (χ1) is 7.76. The van der Waals surface area contributed by atoms with Crippen LogP contribution in [0.2, 0.25) is 0 Å². The standard InChI is InChI=1S/C12H23N3O/c1-3-15-8-4-5-12(11-13,6-9-15)14-7-10-16-2/h14H,3-10H2,1-2H3. The molecule has 1 N–H and O–H groups in total. The Kier molecular flexibility index (Phi) is 5.75. The Morgan fingerprint density at radius 3 is 2.88 bits per heavy atom. The summed E-state index contributed by atoms with van der Waals surface area (Å²) in [5.74, 6) is 0. The zero-order chi connectivity index (χ0) is 11.9. The van der Waals surface area contributed by atoms with Crippen molar-refractivity contribution in [1.82, 2.24) is 10.2 Å². The van der Waals surface area contributed by atoms with E-state index >= 15 is 0 Å². The Morgan fingerprint density at radius 2 is 2.25 bits per heavy atom. The van der Waals surface area contributed by atoms with Gasteiger partial charge in [-0.05, 0) is 32.4 Å². The zero-order valence-corrected chi connectivity index (χ0v) is 10.5. The quantitative estimate of drug-likeness (QED) is 0.709. The Morgan fingerprint density at radius 1 is 1.44 bits per heavy atom. The van der Waals surface area contributed by atoms with Crippen molar-refractivity contribution in [1.29, 1.82) is 5.26 Å². The molecule has 0 amide bonds. The lowest BCUT2D eigenvalue weighted by Gasteiger charge is -2.26. The van der Waals surface area contributed by atoms with Crippen LogP contribution in [-0.2, 0) is 4.74 Å². The van der Waals surface area contributed by atoms with E-state index in [2.05, 4.69) is 23.2 Å². The summed E-state index contributed by atoms with van der Waals surface area (Å²) in [6.07, 6.45) is 2.96. The van der Waals surface area contributed by atoms with Gasteiger partial charge in [-0.15, -0.1) is 0 Å². The van der Waals surface area contributed by atoms with Gasteiger partial charge < -0.3 is 9.64 Å². The van der Waals surface area contributed by atoms with Gasteiger partial charge in [-0.1, -0.05) is 6.92 Å². The van der Waals surface area contributed by atoms with Crippen molar-refractivity contribution in [2.45, 2.75) is 31.7 Å². The number of nitrogens with one attached hydrogen (secondary N) is 1. The third kappa shape index (κ3) is 3.75. The van der Waals surface area contributed by atoms with E-state index in [-0.39, 0.29) is 5.54 Å². The van der Waals surface area contributed by atoms with Crippen molar-refractivity contribution >= 4 is 0 Å². The number of likely N-dealkylation sites (tertiary alicyclic amines) is 1. The second-order valence-corrected chi connectivity index (χ2v) is 4.40. The molecule has 0 radical (unpaired) electrons. The van der Waals surface area contributed by atoms with E-state index in [0.29, 0.717) is 6.61 Å². The molecule has 0 aromatic rings. The Hall–Kier alpha value is -0.630. The third-order valence-electron chi connectivity index (χ3n) is 3.36. The third-order valence-corrected chi connectivity index (χ3v) is 3.36.